The van der Waals surface area contributed by atoms with Crippen LogP contribution in [0.2, 0.25) is 20.2 Å². The molecule has 0 amide bonds. The van der Waals surface area contributed by atoms with E-state index >= 15 is 0 Å². The fraction of sp³-hybridized carbons (Fsp3) is 0. The maximum atomic E-state index is 11.2. The van der Waals surface area contributed by atoms with E-state index in [1.54, 1.807) is 6.07 Å². The number of nitrogens with zero attached hydrogens (tertiary/aromatic N) is 1. The van der Waals surface area contributed by atoms with Crippen LogP contribution in [0.4, 0.5) is 0 Å². The summed E-state index contributed by atoms with van der Waals surface area (Å²) in [6.07, 6.45) is 0. The summed E-state index contributed by atoms with van der Waals surface area (Å²) in [5.41, 5.74) is 0.547. The van der Waals surface area contributed by atoms with Gasteiger partial charge >= 0.3 is 5.97 Å². The zero-order valence-electron chi connectivity index (χ0n) is 9.12. The number of aromatic nitrogens is 1. The first-order chi connectivity index (χ1) is 8.91. The molecule has 0 fully saturated rings. The molecule has 1 aromatic heterocycles. The Bertz CT molecular complexity index is 673. The van der Waals surface area contributed by atoms with E-state index in [9.17, 15) is 4.79 Å². The van der Waals surface area contributed by atoms with Crippen LogP contribution in [0, 0.1) is 0 Å². The lowest BCUT2D eigenvalue weighted by molar-refractivity contribution is 0.0691. The zero-order valence-corrected chi connectivity index (χ0v) is 12.1. The molecule has 1 heterocycles. The highest BCUT2D eigenvalue weighted by atomic mass is 35.5. The van der Waals surface area contributed by atoms with Gasteiger partial charge < -0.3 is 5.11 Å². The van der Waals surface area contributed by atoms with E-state index in [1.165, 1.54) is 18.2 Å². The SMILES string of the molecule is O=C(O)c1nc(Cl)ccc1-c1ccc(Cl)c(Cl)c1Cl. The highest BCUT2D eigenvalue weighted by Crippen LogP contribution is 2.39. The largest absolute Gasteiger partial charge is 0.476 e. The lowest BCUT2D eigenvalue weighted by atomic mass is 10.0. The summed E-state index contributed by atoms with van der Waals surface area (Å²) in [6.45, 7) is 0. The molecule has 0 aliphatic carbocycles. The molecule has 0 saturated carbocycles. The van der Waals surface area contributed by atoms with E-state index in [-0.39, 0.29) is 25.9 Å². The van der Waals surface area contributed by atoms with Crippen molar-refractivity contribution in [3.63, 3.8) is 0 Å². The minimum Gasteiger partial charge on any atom is -0.476 e. The molecule has 1 aromatic carbocycles. The van der Waals surface area contributed by atoms with Crippen molar-refractivity contribution in [1.29, 1.82) is 0 Å². The molecule has 98 valence electrons. The average Bonchev–Trinajstić information content (AvgIpc) is 2.37. The summed E-state index contributed by atoms with van der Waals surface area (Å²) >= 11 is 23.5. The molecule has 19 heavy (non-hydrogen) atoms. The third-order valence-corrected chi connectivity index (χ3v) is 3.89. The summed E-state index contributed by atoms with van der Waals surface area (Å²) in [6, 6.07) is 6.10. The molecule has 1 N–H and O–H groups in total. The summed E-state index contributed by atoms with van der Waals surface area (Å²) in [5, 5.41) is 9.84. The Morgan fingerprint density at radius 2 is 1.58 bits per heavy atom. The Morgan fingerprint density at radius 3 is 2.21 bits per heavy atom. The van der Waals surface area contributed by atoms with Crippen LogP contribution in [0.5, 0.6) is 0 Å². The van der Waals surface area contributed by atoms with E-state index in [0.29, 0.717) is 11.1 Å². The number of halogens is 4. The third kappa shape index (κ3) is 2.79. The van der Waals surface area contributed by atoms with Crippen molar-refractivity contribution in [1.82, 2.24) is 4.98 Å². The minimum absolute atomic E-state index is 0.0809. The molecule has 0 unspecified atom stereocenters. The van der Waals surface area contributed by atoms with Gasteiger partial charge in [-0.3, -0.25) is 0 Å². The number of carboxylic acid groups (broad SMARTS) is 1. The molecule has 0 radical (unpaired) electrons. The summed E-state index contributed by atoms with van der Waals surface area (Å²) in [5.74, 6) is -1.21. The Hall–Kier alpha value is -1.000. The maximum absolute atomic E-state index is 11.2. The van der Waals surface area contributed by atoms with Crippen molar-refractivity contribution in [2.75, 3.05) is 0 Å². The van der Waals surface area contributed by atoms with Crippen LogP contribution in [-0.2, 0) is 0 Å². The van der Waals surface area contributed by atoms with Crippen LogP contribution in [0.1, 0.15) is 10.5 Å². The van der Waals surface area contributed by atoms with Gasteiger partial charge in [-0.25, -0.2) is 9.78 Å². The highest BCUT2D eigenvalue weighted by molar-refractivity contribution is 6.49. The van der Waals surface area contributed by atoms with Crippen LogP contribution in [-0.4, -0.2) is 16.1 Å². The second-order valence-corrected chi connectivity index (χ2v) is 5.11. The first-order valence-corrected chi connectivity index (χ1v) is 6.46. The standard InChI is InChI=1S/C12H5Cl4NO2/c13-7-3-1-5(9(15)10(7)16)6-2-4-8(14)17-11(6)12(18)19/h1-4H,(H,18,19). The molecule has 7 heteroatoms. The lowest BCUT2D eigenvalue weighted by Gasteiger charge is -2.10. The van der Waals surface area contributed by atoms with Crippen molar-refractivity contribution >= 4 is 52.4 Å². The van der Waals surface area contributed by atoms with Gasteiger partial charge in [0.25, 0.3) is 0 Å². The molecule has 2 aromatic rings. The Labute approximate surface area is 128 Å². The van der Waals surface area contributed by atoms with Gasteiger partial charge in [-0.05, 0) is 18.2 Å². The van der Waals surface area contributed by atoms with E-state index in [2.05, 4.69) is 4.98 Å². The normalized spacial score (nSPS) is 10.5. The van der Waals surface area contributed by atoms with Gasteiger partial charge in [-0.15, -0.1) is 0 Å². The molecular formula is C12H5Cl4NO2. The molecule has 0 aliphatic rings. The van der Waals surface area contributed by atoms with Gasteiger partial charge in [0.05, 0.1) is 15.1 Å². The summed E-state index contributed by atoms with van der Waals surface area (Å²) in [7, 11) is 0. The van der Waals surface area contributed by atoms with E-state index in [4.69, 9.17) is 51.5 Å². The Balaban J connectivity index is 2.72. The average molecular weight is 337 g/mol. The van der Waals surface area contributed by atoms with Gasteiger partial charge in [0.1, 0.15) is 5.15 Å². The number of hydrogen-bond acceptors (Lipinski definition) is 2. The van der Waals surface area contributed by atoms with Crippen LogP contribution >= 0.6 is 46.4 Å². The van der Waals surface area contributed by atoms with Crippen molar-refractivity contribution in [3.05, 3.63) is 50.2 Å². The summed E-state index contributed by atoms with van der Waals surface area (Å²) < 4.78 is 0. The topological polar surface area (TPSA) is 50.2 Å². The number of benzene rings is 1. The van der Waals surface area contributed by atoms with E-state index in [0.717, 1.165) is 0 Å². The third-order valence-electron chi connectivity index (χ3n) is 2.39. The molecule has 0 bridgehead atoms. The van der Waals surface area contributed by atoms with Gasteiger partial charge in [0, 0.05) is 11.1 Å². The van der Waals surface area contributed by atoms with Crippen LogP contribution in [0.15, 0.2) is 24.3 Å². The predicted octanol–water partition coefficient (Wildman–Crippen LogP) is 5.06. The minimum atomic E-state index is -1.21. The van der Waals surface area contributed by atoms with Crippen LogP contribution in [0.25, 0.3) is 11.1 Å². The van der Waals surface area contributed by atoms with Crippen molar-refractivity contribution in [2.24, 2.45) is 0 Å². The zero-order chi connectivity index (χ0) is 14.2. The second-order valence-electron chi connectivity index (χ2n) is 3.56. The fourth-order valence-corrected chi connectivity index (χ4v) is 2.33. The van der Waals surface area contributed by atoms with Gasteiger partial charge in [-0.2, -0.15) is 0 Å². The monoisotopic (exact) mass is 335 g/mol. The smallest absolute Gasteiger partial charge is 0.355 e. The molecule has 0 spiro atoms. The number of carboxylic acids is 1. The van der Waals surface area contributed by atoms with Crippen LogP contribution in [0.3, 0.4) is 0 Å². The molecular weight excluding hydrogens is 332 g/mol. The lowest BCUT2D eigenvalue weighted by Crippen LogP contribution is -2.03. The fourth-order valence-electron chi connectivity index (χ4n) is 1.55. The van der Waals surface area contributed by atoms with Gasteiger partial charge in [0.15, 0.2) is 5.69 Å². The molecule has 2 rings (SSSR count). The molecule has 0 saturated heterocycles. The quantitative estimate of drug-likeness (QED) is 0.616. The Kier molecular flexibility index (Phi) is 4.21. The van der Waals surface area contributed by atoms with Crippen molar-refractivity contribution in [3.8, 4) is 11.1 Å². The second kappa shape index (κ2) is 5.55. The molecule has 3 nitrogen and oxygen atoms in total. The molecule has 0 aliphatic heterocycles. The summed E-state index contributed by atoms with van der Waals surface area (Å²) in [4.78, 5) is 15.0. The highest BCUT2D eigenvalue weighted by Gasteiger charge is 2.18. The number of carbonyl (C=O) groups is 1. The Morgan fingerprint density at radius 1 is 0.947 bits per heavy atom. The molecule has 0 atom stereocenters. The first kappa shape index (κ1) is 14.4. The number of hydrogen-bond donors (Lipinski definition) is 1. The van der Waals surface area contributed by atoms with E-state index < -0.39 is 5.97 Å². The maximum Gasteiger partial charge on any atom is 0.355 e. The first-order valence-electron chi connectivity index (χ1n) is 4.95. The predicted molar refractivity (Wildman–Crippen MR) is 76.7 cm³/mol. The van der Waals surface area contributed by atoms with Gasteiger partial charge in [-0.1, -0.05) is 52.5 Å². The van der Waals surface area contributed by atoms with Crippen molar-refractivity contribution < 1.29 is 9.90 Å². The number of pyridine rings is 1. The van der Waals surface area contributed by atoms with Gasteiger partial charge in [0.2, 0.25) is 0 Å². The van der Waals surface area contributed by atoms with E-state index in [1.807, 2.05) is 0 Å². The van der Waals surface area contributed by atoms with Crippen LogP contribution < -0.4 is 0 Å². The number of rotatable bonds is 2. The number of aromatic carboxylic acids is 1. The van der Waals surface area contributed by atoms with Crippen molar-refractivity contribution in [2.45, 2.75) is 0 Å².